The van der Waals surface area contributed by atoms with Crippen LogP contribution in [0, 0.1) is 12.8 Å². The van der Waals surface area contributed by atoms with E-state index in [2.05, 4.69) is 43.4 Å². The molecule has 1 atom stereocenters. The van der Waals surface area contributed by atoms with Gasteiger partial charge in [0.1, 0.15) is 0 Å². The Labute approximate surface area is 106 Å². The van der Waals surface area contributed by atoms with Crippen molar-refractivity contribution < 1.29 is 0 Å². The molecule has 1 aliphatic carbocycles. The van der Waals surface area contributed by atoms with Gasteiger partial charge in [-0.3, -0.25) is 0 Å². The first-order chi connectivity index (χ1) is 8.28. The van der Waals surface area contributed by atoms with E-state index in [1.807, 2.05) is 0 Å². The van der Waals surface area contributed by atoms with E-state index in [1.165, 1.54) is 49.8 Å². The highest BCUT2D eigenvalue weighted by molar-refractivity contribution is 5.21. The Balaban J connectivity index is 1.84. The van der Waals surface area contributed by atoms with Crippen LogP contribution in [0.1, 0.15) is 43.7 Å². The predicted octanol–water partition coefficient (Wildman–Crippen LogP) is 3.71. The van der Waals surface area contributed by atoms with E-state index in [0.717, 1.165) is 12.0 Å². The minimum absolute atomic E-state index is 0.809. The van der Waals surface area contributed by atoms with Gasteiger partial charge in [0.15, 0.2) is 0 Å². The normalized spacial score (nSPS) is 17.1. The van der Waals surface area contributed by atoms with Gasteiger partial charge in [0.2, 0.25) is 0 Å². The Bertz CT molecular complexity index is 324. The smallest absolute Gasteiger partial charge is 0.00683 e. The third-order valence-corrected chi connectivity index (χ3v) is 3.61. The van der Waals surface area contributed by atoms with Crippen LogP contribution in [0.4, 0.5) is 0 Å². The Morgan fingerprint density at radius 1 is 1.24 bits per heavy atom. The molecule has 0 saturated heterocycles. The average Bonchev–Trinajstić information content (AvgIpc) is 3.13. The van der Waals surface area contributed by atoms with Crippen molar-refractivity contribution in [3.63, 3.8) is 0 Å². The first-order valence-electron chi connectivity index (χ1n) is 7.07. The molecule has 1 fully saturated rings. The Hall–Kier alpha value is -0.820. The quantitative estimate of drug-likeness (QED) is 0.754. The zero-order valence-corrected chi connectivity index (χ0v) is 11.2. The van der Waals surface area contributed by atoms with Crippen molar-refractivity contribution in [2.75, 3.05) is 6.54 Å². The van der Waals surface area contributed by atoms with E-state index >= 15 is 0 Å². The number of rotatable bonds is 7. The minimum atomic E-state index is 0.809. The number of aryl methyl sites for hydroxylation is 1. The minimum Gasteiger partial charge on any atom is -0.314 e. The van der Waals surface area contributed by atoms with E-state index in [9.17, 15) is 0 Å². The summed E-state index contributed by atoms with van der Waals surface area (Å²) in [6.07, 6.45) is 6.65. The van der Waals surface area contributed by atoms with Crippen LogP contribution >= 0.6 is 0 Å². The molecule has 0 amide bonds. The molecule has 94 valence electrons. The van der Waals surface area contributed by atoms with Gasteiger partial charge in [0, 0.05) is 6.04 Å². The molecule has 1 nitrogen and oxygen atoms in total. The fraction of sp³-hybridized carbons (Fsp3) is 0.625. The summed E-state index contributed by atoms with van der Waals surface area (Å²) in [5.41, 5.74) is 2.85. The summed E-state index contributed by atoms with van der Waals surface area (Å²) in [4.78, 5) is 0. The summed E-state index contributed by atoms with van der Waals surface area (Å²) in [6.45, 7) is 5.65. The highest BCUT2D eigenvalue weighted by Gasteiger charge is 2.21. The maximum Gasteiger partial charge on any atom is 0.00683 e. The van der Waals surface area contributed by atoms with Crippen molar-refractivity contribution in [3.8, 4) is 0 Å². The molecule has 0 bridgehead atoms. The second-order valence-electron chi connectivity index (χ2n) is 5.53. The molecule has 0 aromatic heterocycles. The maximum atomic E-state index is 3.67. The van der Waals surface area contributed by atoms with Gasteiger partial charge in [-0.25, -0.2) is 0 Å². The summed E-state index contributed by atoms with van der Waals surface area (Å²) in [5.74, 6) is 0.809. The van der Waals surface area contributed by atoms with Crippen molar-refractivity contribution in [3.05, 3.63) is 35.4 Å². The molecule has 2 rings (SSSR count). The third kappa shape index (κ3) is 4.51. The zero-order chi connectivity index (χ0) is 12.1. The van der Waals surface area contributed by atoms with Crippen LogP contribution < -0.4 is 5.32 Å². The topological polar surface area (TPSA) is 12.0 Å². The highest BCUT2D eigenvalue weighted by Crippen LogP contribution is 2.20. The van der Waals surface area contributed by atoms with E-state index in [1.54, 1.807) is 0 Å². The number of hydrogen-bond donors (Lipinski definition) is 1. The second kappa shape index (κ2) is 6.20. The summed E-state index contributed by atoms with van der Waals surface area (Å²) in [7, 11) is 0. The molecule has 1 aliphatic rings. The second-order valence-corrected chi connectivity index (χ2v) is 5.53. The number of nitrogens with one attached hydrogen (secondary N) is 1. The molecule has 0 spiro atoms. The summed E-state index contributed by atoms with van der Waals surface area (Å²) < 4.78 is 0. The van der Waals surface area contributed by atoms with Crippen molar-refractivity contribution in [2.45, 2.75) is 52.0 Å². The summed E-state index contributed by atoms with van der Waals surface area (Å²) >= 11 is 0. The first-order valence-corrected chi connectivity index (χ1v) is 7.07. The van der Waals surface area contributed by atoms with E-state index in [-0.39, 0.29) is 0 Å². The van der Waals surface area contributed by atoms with Gasteiger partial charge >= 0.3 is 0 Å². The lowest BCUT2D eigenvalue weighted by Gasteiger charge is -2.17. The Kier molecular flexibility index (Phi) is 4.61. The Morgan fingerprint density at radius 3 is 2.53 bits per heavy atom. The van der Waals surface area contributed by atoms with Crippen LogP contribution in [0.15, 0.2) is 24.3 Å². The molecule has 1 aromatic carbocycles. The number of hydrogen-bond acceptors (Lipinski definition) is 1. The molecule has 1 saturated carbocycles. The lowest BCUT2D eigenvalue weighted by atomic mass is 9.94. The number of benzene rings is 1. The molecule has 1 aromatic rings. The molecule has 1 N–H and O–H groups in total. The van der Waals surface area contributed by atoms with Crippen LogP contribution in [0.2, 0.25) is 0 Å². The van der Waals surface area contributed by atoms with Crippen LogP contribution in [-0.4, -0.2) is 12.6 Å². The van der Waals surface area contributed by atoms with Crippen molar-refractivity contribution in [2.24, 2.45) is 5.92 Å². The van der Waals surface area contributed by atoms with Gasteiger partial charge in [-0.15, -0.1) is 0 Å². The molecule has 1 heteroatoms. The highest BCUT2D eigenvalue weighted by atomic mass is 14.9. The molecular weight excluding hydrogens is 206 g/mol. The fourth-order valence-corrected chi connectivity index (χ4v) is 2.36. The fourth-order valence-electron chi connectivity index (χ4n) is 2.36. The SMILES string of the molecule is CCCC(CNC1CC1)Cc1ccc(C)cc1. The van der Waals surface area contributed by atoms with E-state index in [0.29, 0.717) is 0 Å². The zero-order valence-electron chi connectivity index (χ0n) is 11.2. The van der Waals surface area contributed by atoms with E-state index < -0.39 is 0 Å². The summed E-state index contributed by atoms with van der Waals surface area (Å²) in [6, 6.07) is 9.87. The van der Waals surface area contributed by atoms with Crippen LogP contribution in [0.25, 0.3) is 0 Å². The summed E-state index contributed by atoms with van der Waals surface area (Å²) in [5, 5.41) is 3.67. The van der Waals surface area contributed by atoms with Gasteiger partial charge in [-0.05, 0) is 50.6 Å². The van der Waals surface area contributed by atoms with Crippen LogP contribution in [0.5, 0.6) is 0 Å². The van der Waals surface area contributed by atoms with Crippen molar-refractivity contribution in [1.82, 2.24) is 5.32 Å². The molecule has 0 heterocycles. The largest absolute Gasteiger partial charge is 0.314 e. The first kappa shape index (κ1) is 12.6. The van der Waals surface area contributed by atoms with Crippen molar-refractivity contribution >= 4 is 0 Å². The molecule has 0 aliphatic heterocycles. The molecule has 17 heavy (non-hydrogen) atoms. The van der Waals surface area contributed by atoms with Gasteiger partial charge < -0.3 is 5.32 Å². The predicted molar refractivity (Wildman–Crippen MR) is 74.3 cm³/mol. The van der Waals surface area contributed by atoms with Gasteiger partial charge in [0.05, 0.1) is 0 Å². The molecule has 1 unspecified atom stereocenters. The van der Waals surface area contributed by atoms with Gasteiger partial charge in [-0.1, -0.05) is 43.2 Å². The average molecular weight is 231 g/mol. The van der Waals surface area contributed by atoms with Crippen molar-refractivity contribution in [1.29, 1.82) is 0 Å². The standard InChI is InChI=1S/C16H25N/c1-3-4-15(12-17-16-9-10-16)11-14-7-5-13(2)6-8-14/h5-8,15-17H,3-4,9-12H2,1-2H3. The van der Waals surface area contributed by atoms with Crippen LogP contribution in [0.3, 0.4) is 0 Å². The van der Waals surface area contributed by atoms with Crippen LogP contribution in [-0.2, 0) is 6.42 Å². The van der Waals surface area contributed by atoms with Gasteiger partial charge in [0.25, 0.3) is 0 Å². The third-order valence-electron chi connectivity index (χ3n) is 3.61. The Morgan fingerprint density at radius 2 is 1.94 bits per heavy atom. The molecular formula is C16H25N. The monoisotopic (exact) mass is 231 g/mol. The van der Waals surface area contributed by atoms with E-state index in [4.69, 9.17) is 0 Å². The van der Waals surface area contributed by atoms with Gasteiger partial charge in [-0.2, -0.15) is 0 Å². The lowest BCUT2D eigenvalue weighted by Crippen LogP contribution is -2.26. The maximum absolute atomic E-state index is 3.67. The lowest BCUT2D eigenvalue weighted by molar-refractivity contribution is 0.437. The molecule has 0 radical (unpaired) electrons.